The summed E-state index contributed by atoms with van der Waals surface area (Å²) in [5.74, 6) is 0. The van der Waals surface area contributed by atoms with Gasteiger partial charge in [0.2, 0.25) is 0 Å². The fraction of sp³-hybridized carbons (Fsp3) is 1.00. The van der Waals surface area contributed by atoms with Gasteiger partial charge < -0.3 is 42.4 Å². The zero-order chi connectivity index (χ0) is 17.9. The molecule has 146 valence electrons. The van der Waals surface area contributed by atoms with Crippen LogP contribution in [-0.4, -0.2) is 93.1 Å². The molecule has 0 spiro atoms. The molecule has 1 unspecified atom stereocenters. The summed E-state index contributed by atoms with van der Waals surface area (Å²) in [6, 6.07) is 0. The minimum absolute atomic E-state index is 0.0256. The Labute approximate surface area is 144 Å². The van der Waals surface area contributed by atoms with Crippen molar-refractivity contribution in [2.75, 3.05) is 93.1 Å². The first-order chi connectivity index (χ1) is 11.6. The Morgan fingerprint density at radius 2 is 0.917 bits per heavy atom. The van der Waals surface area contributed by atoms with E-state index in [2.05, 4.69) is 4.52 Å². The molecule has 0 aliphatic carbocycles. The number of rotatable bonds is 19. The highest BCUT2D eigenvalue weighted by Crippen LogP contribution is 2.30. The van der Waals surface area contributed by atoms with E-state index in [1.54, 1.807) is 7.11 Å². The average molecular weight is 373 g/mol. The van der Waals surface area contributed by atoms with E-state index in [9.17, 15) is 9.46 Å². The van der Waals surface area contributed by atoms with Crippen molar-refractivity contribution >= 4 is 7.60 Å². The van der Waals surface area contributed by atoms with Gasteiger partial charge in [-0.15, -0.1) is 0 Å². The standard InChI is InChI=1S/C14H31O9P/c1-17-3-4-18-5-6-19-7-8-20-9-10-21-11-12-22-13-14-23-24(2,15)16/h3-14H2,1-2H3,(H,15,16)/p-1. The van der Waals surface area contributed by atoms with Gasteiger partial charge in [0.05, 0.1) is 79.3 Å². The molecule has 9 nitrogen and oxygen atoms in total. The molecule has 0 aromatic carbocycles. The molecule has 0 amide bonds. The number of hydrogen-bond acceptors (Lipinski definition) is 9. The third kappa shape index (κ3) is 21.9. The summed E-state index contributed by atoms with van der Waals surface area (Å²) in [5, 5.41) is 0. The molecule has 1 atom stereocenters. The van der Waals surface area contributed by atoms with E-state index in [0.29, 0.717) is 66.1 Å². The molecule has 0 rings (SSSR count). The fourth-order valence-electron chi connectivity index (χ4n) is 1.39. The molecule has 0 fully saturated rings. The summed E-state index contributed by atoms with van der Waals surface area (Å²) < 4.78 is 46.4. The highest BCUT2D eigenvalue weighted by molar-refractivity contribution is 7.50. The molecular weight excluding hydrogens is 343 g/mol. The maximum Gasteiger partial charge on any atom is 0.131 e. The van der Waals surface area contributed by atoms with Crippen molar-refractivity contribution in [2.24, 2.45) is 0 Å². The molecule has 0 saturated carbocycles. The minimum atomic E-state index is -3.66. The third-order valence-electron chi connectivity index (χ3n) is 2.47. The predicted octanol–water partition coefficient (Wildman–Crippen LogP) is -0.0844. The van der Waals surface area contributed by atoms with Crippen molar-refractivity contribution in [2.45, 2.75) is 0 Å². The van der Waals surface area contributed by atoms with Crippen molar-refractivity contribution in [1.29, 1.82) is 0 Å². The Morgan fingerprint density at radius 3 is 1.21 bits per heavy atom. The molecule has 0 radical (unpaired) electrons. The molecule has 10 heteroatoms. The normalized spacial score (nSPS) is 14.0. The smallest absolute Gasteiger partial charge is 0.131 e. The van der Waals surface area contributed by atoms with Crippen LogP contribution in [0.4, 0.5) is 0 Å². The maximum atomic E-state index is 10.7. The Morgan fingerprint density at radius 1 is 0.625 bits per heavy atom. The summed E-state index contributed by atoms with van der Waals surface area (Å²) in [6.45, 7) is 6.25. The lowest BCUT2D eigenvalue weighted by atomic mass is 10.7. The largest absolute Gasteiger partial charge is 0.779 e. The molecule has 0 saturated heterocycles. The van der Waals surface area contributed by atoms with Crippen LogP contribution in [0.1, 0.15) is 0 Å². The third-order valence-corrected chi connectivity index (χ3v) is 3.12. The zero-order valence-corrected chi connectivity index (χ0v) is 15.5. The van der Waals surface area contributed by atoms with E-state index >= 15 is 0 Å². The van der Waals surface area contributed by atoms with Gasteiger partial charge in [-0.05, 0) is 0 Å². The second-order valence-corrected chi connectivity index (χ2v) is 6.46. The molecule has 0 aliphatic rings. The highest BCUT2D eigenvalue weighted by Gasteiger charge is 1.98. The van der Waals surface area contributed by atoms with Crippen LogP contribution < -0.4 is 4.89 Å². The predicted molar refractivity (Wildman–Crippen MR) is 85.5 cm³/mol. The molecule has 24 heavy (non-hydrogen) atoms. The molecule has 0 bridgehead atoms. The van der Waals surface area contributed by atoms with Gasteiger partial charge >= 0.3 is 0 Å². The Hall–Kier alpha value is -0.0900. The molecule has 0 aliphatic heterocycles. The van der Waals surface area contributed by atoms with Crippen LogP contribution in [0.3, 0.4) is 0 Å². The van der Waals surface area contributed by atoms with E-state index in [4.69, 9.17) is 28.4 Å². The van der Waals surface area contributed by atoms with Crippen molar-refractivity contribution in [1.82, 2.24) is 0 Å². The number of ether oxygens (including phenoxy) is 6. The lowest BCUT2D eigenvalue weighted by Crippen LogP contribution is -2.14. The first kappa shape index (κ1) is 23.9. The van der Waals surface area contributed by atoms with Gasteiger partial charge in [0.25, 0.3) is 0 Å². The Bertz CT molecular complexity index is 298. The lowest BCUT2D eigenvalue weighted by molar-refractivity contribution is -0.197. The second kappa shape index (κ2) is 17.7. The SMILES string of the molecule is COCCOCCOCCOCCOCCOCCOP(C)(=O)[O-]. The molecule has 0 heterocycles. The zero-order valence-electron chi connectivity index (χ0n) is 14.6. The van der Waals surface area contributed by atoms with E-state index in [1.165, 1.54) is 0 Å². The van der Waals surface area contributed by atoms with Crippen LogP contribution in [-0.2, 0) is 37.5 Å². The number of methoxy groups -OCH3 is 1. The Balaban J connectivity index is 3.02. The van der Waals surface area contributed by atoms with Crippen LogP contribution in [0.5, 0.6) is 0 Å². The molecule has 0 aromatic rings. The van der Waals surface area contributed by atoms with Gasteiger partial charge in [-0.25, -0.2) is 0 Å². The summed E-state index contributed by atoms with van der Waals surface area (Å²) in [6.07, 6.45) is 0. The van der Waals surface area contributed by atoms with Crippen LogP contribution in [0.2, 0.25) is 0 Å². The van der Waals surface area contributed by atoms with Crippen LogP contribution in [0.25, 0.3) is 0 Å². The van der Waals surface area contributed by atoms with Crippen molar-refractivity contribution in [3.8, 4) is 0 Å². The summed E-state index contributed by atoms with van der Waals surface area (Å²) in [7, 11) is -2.03. The van der Waals surface area contributed by atoms with E-state index in [0.717, 1.165) is 6.66 Å². The fourth-order valence-corrected chi connectivity index (χ4v) is 1.79. The van der Waals surface area contributed by atoms with Gasteiger partial charge in [0.15, 0.2) is 0 Å². The van der Waals surface area contributed by atoms with Gasteiger partial charge in [-0.2, -0.15) is 0 Å². The number of hydrogen-bond donors (Lipinski definition) is 0. The van der Waals surface area contributed by atoms with Crippen LogP contribution >= 0.6 is 7.60 Å². The first-order valence-corrected chi connectivity index (χ1v) is 9.86. The van der Waals surface area contributed by atoms with E-state index in [-0.39, 0.29) is 13.2 Å². The van der Waals surface area contributed by atoms with Gasteiger partial charge in [-0.3, -0.25) is 0 Å². The maximum absolute atomic E-state index is 10.7. The van der Waals surface area contributed by atoms with Crippen LogP contribution in [0, 0.1) is 0 Å². The quantitative estimate of drug-likeness (QED) is 0.227. The average Bonchev–Trinajstić information content (AvgIpc) is 2.52. The van der Waals surface area contributed by atoms with Crippen LogP contribution in [0.15, 0.2) is 0 Å². The monoisotopic (exact) mass is 373 g/mol. The summed E-state index contributed by atoms with van der Waals surface area (Å²) >= 11 is 0. The molecular formula is C14H30O9P-. The summed E-state index contributed by atoms with van der Waals surface area (Å²) in [5.41, 5.74) is 0. The lowest BCUT2D eigenvalue weighted by Gasteiger charge is -2.17. The van der Waals surface area contributed by atoms with Crippen molar-refractivity contribution in [3.63, 3.8) is 0 Å². The van der Waals surface area contributed by atoms with Gasteiger partial charge in [-0.1, -0.05) is 0 Å². The first-order valence-electron chi connectivity index (χ1n) is 7.87. The van der Waals surface area contributed by atoms with Crippen molar-refractivity contribution < 1.29 is 42.4 Å². The van der Waals surface area contributed by atoms with E-state index < -0.39 is 7.60 Å². The van der Waals surface area contributed by atoms with Crippen molar-refractivity contribution in [3.05, 3.63) is 0 Å². The minimum Gasteiger partial charge on any atom is -0.779 e. The van der Waals surface area contributed by atoms with E-state index in [1.807, 2.05) is 0 Å². The second-order valence-electron chi connectivity index (χ2n) is 4.66. The topological polar surface area (TPSA) is 105 Å². The summed E-state index contributed by atoms with van der Waals surface area (Å²) in [4.78, 5) is 10.7. The van der Waals surface area contributed by atoms with Gasteiger partial charge in [0, 0.05) is 13.8 Å². The highest BCUT2D eigenvalue weighted by atomic mass is 31.2. The Kier molecular flexibility index (Phi) is 17.7. The van der Waals surface area contributed by atoms with Gasteiger partial charge in [0.1, 0.15) is 7.60 Å². The molecule has 0 N–H and O–H groups in total. The molecule has 0 aromatic heterocycles.